The van der Waals surface area contributed by atoms with E-state index in [1.807, 2.05) is 48.2 Å². The van der Waals surface area contributed by atoms with Crippen LogP contribution >= 0.6 is 11.6 Å². The van der Waals surface area contributed by atoms with Gasteiger partial charge in [-0.1, -0.05) is 35.9 Å². The number of hydrogen-bond donors (Lipinski definition) is 1. The van der Waals surface area contributed by atoms with Crippen LogP contribution in [0.4, 0.5) is 0 Å². The molecule has 2 aliphatic rings. The maximum absolute atomic E-state index is 13.2. The van der Waals surface area contributed by atoms with E-state index in [1.54, 1.807) is 12.1 Å². The summed E-state index contributed by atoms with van der Waals surface area (Å²) in [4.78, 5) is 15.0. The number of amides is 1. The molecule has 27 heavy (non-hydrogen) atoms. The van der Waals surface area contributed by atoms with Crippen LogP contribution in [0.5, 0.6) is 11.5 Å². The van der Waals surface area contributed by atoms with Gasteiger partial charge in [-0.15, -0.1) is 0 Å². The van der Waals surface area contributed by atoms with Crippen LogP contribution in [0.15, 0.2) is 48.5 Å². The Bertz CT molecular complexity index is 803. The third-order valence-corrected chi connectivity index (χ3v) is 5.55. The fourth-order valence-corrected chi connectivity index (χ4v) is 3.98. The Morgan fingerprint density at radius 1 is 1.07 bits per heavy atom. The molecule has 0 unspecified atom stereocenters. The lowest BCUT2D eigenvalue weighted by Gasteiger charge is -2.39. The molecular formula is C21H23ClN2O3. The van der Waals surface area contributed by atoms with Crippen molar-refractivity contribution in [2.24, 2.45) is 5.73 Å². The van der Waals surface area contributed by atoms with E-state index < -0.39 is 5.79 Å². The summed E-state index contributed by atoms with van der Waals surface area (Å²) in [5, 5.41) is 0.643. The second kappa shape index (κ2) is 7.06. The lowest BCUT2D eigenvalue weighted by atomic mass is 9.90. The molecule has 142 valence electrons. The smallest absolute Gasteiger partial charge is 0.255 e. The van der Waals surface area contributed by atoms with E-state index >= 15 is 0 Å². The molecule has 4 rings (SSSR count). The summed E-state index contributed by atoms with van der Waals surface area (Å²) in [6, 6.07) is 14.7. The molecule has 2 aromatic carbocycles. The molecule has 2 aromatic rings. The normalized spacial score (nSPS) is 19.7. The maximum atomic E-state index is 13.2. The van der Waals surface area contributed by atoms with Gasteiger partial charge in [-0.25, -0.2) is 0 Å². The molecule has 0 bridgehead atoms. The molecule has 0 saturated carbocycles. The van der Waals surface area contributed by atoms with Crippen LogP contribution in [0.3, 0.4) is 0 Å². The van der Waals surface area contributed by atoms with Crippen molar-refractivity contribution in [1.82, 2.24) is 4.90 Å². The Morgan fingerprint density at radius 2 is 1.63 bits per heavy atom. The van der Waals surface area contributed by atoms with Gasteiger partial charge in [-0.2, -0.15) is 0 Å². The summed E-state index contributed by atoms with van der Waals surface area (Å²) in [6.07, 6.45) is 1.25. The SMILES string of the molecule is C[C@H](N)[C@H](C(=O)N1CCC2(CC1)Oc1ccccc1O2)c1ccc(Cl)cc1. The molecule has 1 fully saturated rings. The largest absolute Gasteiger partial charge is 0.448 e. The first kappa shape index (κ1) is 18.1. The van der Waals surface area contributed by atoms with E-state index in [-0.39, 0.29) is 17.9 Å². The van der Waals surface area contributed by atoms with Gasteiger partial charge in [0.15, 0.2) is 11.5 Å². The predicted octanol–water partition coefficient (Wildman–Crippen LogP) is 3.56. The molecule has 1 spiro atoms. The predicted molar refractivity (Wildman–Crippen MR) is 104 cm³/mol. The van der Waals surface area contributed by atoms with Crippen LogP contribution in [0.1, 0.15) is 31.2 Å². The highest BCUT2D eigenvalue weighted by molar-refractivity contribution is 6.30. The van der Waals surface area contributed by atoms with Gasteiger partial charge in [0.25, 0.3) is 5.79 Å². The highest BCUT2D eigenvalue weighted by Gasteiger charge is 2.45. The Kier molecular flexibility index (Phi) is 4.74. The maximum Gasteiger partial charge on any atom is 0.255 e. The monoisotopic (exact) mass is 386 g/mol. The molecule has 1 saturated heterocycles. The fraction of sp³-hybridized carbons (Fsp3) is 0.381. The Hall–Kier alpha value is -2.24. The summed E-state index contributed by atoms with van der Waals surface area (Å²) >= 11 is 5.98. The number of rotatable bonds is 3. The topological polar surface area (TPSA) is 64.8 Å². The summed E-state index contributed by atoms with van der Waals surface area (Å²) in [7, 11) is 0. The van der Waals surface area contributed by atoms with Gasteiger partial charge in [-0.05, 0) is 36.8 Å². The van der Waals surface area contributed by atoms with Gasteiger partial charge >= 0.3 is 0 Å². The summed E-state index contributed by atoms with van der Waals surface area (Å²) in [6.45, 7) is 3.01. The van der Waals surface area contributed by atoms with E-state index in [9.17, 15) is 4.79 Å². The van der Waals surface area contributed by atoms with E-state index in [2.05, 4.69) is 0 Å². The molecular weight excluding hydrogens is 364 g/mol. The van der Waals surface area contributed by atoms with Crippen molar-refractivity contribution in [1.29, 1.82) is 0 Å². The minimum absolute atomic E-state index is 0.0395. The zero-order valence-corrected chi connectivity index (χ0v) is 16.0. The number of likely N-dealkylation sites (tertiary alicyclic amines) is 1. The first-order valence-electron chi connectivity index (χ1n) is 9.24. The average molecular weight is 387 g/mol. The molecule has 2 atom stereocenters. The lowest BCUT2D eigenvalue weighted by Crippen LogP contribution is -2.53. The van der Waals surface area contributed by atoms with E-state index in [0.29, 0.717) is 31.0 Å². The zero-order chi connectivity index (χ0) is 19.0. The number of para-hydroxylation sites is 2. The summed E-state index contributed by atoms with van der Waals surface area (Å²) in [5.41, 5.74) is 7.05. The van der Waals surface area contributed by atoms with Gasteiger partial charge in [0.1, 0.15) is 0 Å². The van der Waals surface area contributed by atoms with Crippen molar-refractivity contribution in [2.75, 3.05) is 13.1 Å². The molecule has 0 radical (unpaired) electrons. The van der Waals surface area contributed by atoms with Gasteiger partial charge in [0.05, 0.1) is 5.92 Å². The molecule has 2 aliphatic heterocycles. The summed E-state index contributed by atoms with van der Waals surface area (Å²) in [5.74, 6) is 0.528. The summed E-state index contributed by atoms with van der Waals surface area (Å²) < 4.78 is 12.1. The standard InChI is InChI=1S/C21H23ClN2O3/c1-14(23)19(15-6-8-16(22)9-7-15)20(25)24-12-10-21(11-13-24)26-17-4-2-3-5-18(17)27-21/h2-9,14,19H,10-13,23H2,1H3/t14-,19-/m0/s1. The molecule has 1 amide bonds. The first-order valence-corrected chi connectivity index (χ1v) is 9.62. The minimum Gasteiger partial charge on any atom is -0.448 e. The molecule has 2 heterocycles. The average Bonchev–Trinajstić information content (AvgIpc) is 3.01. The number of nitrogens with two attached hydrogens (primary N) is 1. The van der Waals surface area contributed by atoms with Crippen LogP contribution in [-0.4, -0.2) is 35.7 Å². The van der Waals surface area contributed by atoms with Gasteiger partial charge in [0, 0.05) is 37.0 Å². The number of nitrogens with zero attached hydrogens (tertiary/aromatic N) is 1. The fourth-order valence-electron chi connectivity index (χ4n) is 3.85. The van der Waals surface area contributed by atoms with Gasteiger partial charge in [0.2, 0.25) is 5.91 Å². The molecule has 0 aliphatic carbocycles. The van der Waals surface area contributed by atoms with Crippen molar-refractivity contribution in [2.45, 2.75) is 37.5 Å². The third-order valence-electron chi connectivity index (χ3n) is 5.30. The highest BCUT2D eigenvalue weighted by atomic mass is 35.5. The lowest BCUT2D eigenvalue weighted by molar-refractivity contribution is -0.147. The van der Waals surface area contributed by atoms with E-state index in [4.69, 9.17) is 26.8 Å². The molecule has 5 nitrogen and oxygen atoms in total. The van der Waals surface area contributed by atoms with E-state index in [1.165, 1.54) is 0 Å². The number of halogens is 1. The van der Waals surface area contributed by atoms with Crippen LogP contribution < -0.4 is 15.2 Å². The molecule has 2 N–H and O–H groups in total. The number of benzene rings is 2. The Labute approximate surface area is 164 Å². The number of fused-ring (bicyclic) bond motifs is 1. The quantitative estimate of drug-likeness (QED) is 0.875. The third kappa shape index (κ3) is 3.49. The molecule has 0 aromatic heterocycles. The first-order chi connectivity index (χ1) is 13.0. The Balaban J connectivity index is 1.46. The van der Waals surface area contributed by atoms with Crippen LogP contribution in [-0.2, 0) is 4.79 Å². The number of carbonyl (C=O) groups excluding carboxylic acids is 1. The number of hydrogen-bond acceptors (Lipinski definition) is 4. The van der Waals surface area contributed by atoms with Crippen molar-refractivity contribution in [3.8, 4) is 11.5 Å². The van der Waals surface area contributed by atoms with E-state index in [0.717, 1.165) is 17.1 Å². The van der Waals surface area contributed by atoms with Gasteiger partial charge < -0.3 is 20.1 Å². The number of ether oxygens (including phenoxy) is 2. The highest BCUT2D eigenvalue weighted by Crippen LogP contribution is 2.43. The zero-order valence-electron chi connectivity index (χ0n) is 15.2. The van der Waals surface area contributed by atoms with Crippen LogP contribution in [0.25, 0.3) is 0 Å². The van der Waals surface area contributed by atoms with Crippen molar-refractivity contribution < 1.29 is 14.3 Å². The van der Waals surface area contributed by atoms with Crippen molar-refractivity contribution in [3.63, 3.8) is 0 Å². The molecule has 6 heteroatoms. The van der Waals surface area contributed by atoms with Crippen molar-refractivity contribution >= 4 is 17.5 Å². The van der Waals surface area contributed by atoms with Crippen LogP contribution in [0.2, 0.25) is 5.02 Å². The number of piperidine rings is 1. The minimum atomic E-state index is -0.662. The van der Waals surface area contributed by atoms with Gasteiger partial charge in [-0.3, -0.25) is 4.79 Å². The number of carbonyl (C=O) groups is 1. The van der Waals surface area contributed by atoms with Crippen molar-refractivity contribution in [3.05, 3.63) is 59.1 Å². The van der Waals surface area contributed by atoms with Crippen LogP contribution in [0, 0.1) is 0 Å². The second-order valence-corrected chi connectivity index (χ2v) is 7.71. The second-order valence-electron chi connectivity index (χ2n) is 7.28. The Morgan fingerprint density at radius 3 is 2.15 bits per heavy atom.